The lowest BCUT2D eigenvalue weighted by Gasteiger charge is -2.35. The number of hydrogen-bond acceptors (Lipinski definition) is 3. The van der Waals surface area contributed by atoms with E-state index in [0.717, 1.165) is 36.4 Å². The van der Waals surface area contributed by atoms with Crippen molar-refractivity contribution in [3.8, 4) is 0 Å². The highest BCUT2D eigenvalue weighted by atomic mass is 35.5. The van der Waals surface area contributed by atoms with Crippen molar-refractivity contribution >= 4 is 17.4 Å². The van der Waals surface area contributed by atoms with Gasteiger partial charge < -0.3 is 4.90 Å². The van der Waals surface area contributed by atoms with Gasteiger partial charge in [0.2, 0.25) is 0 Å². The molecule has 0 radical (unpaired) electrons. The fourth-order valence-electron chi connectivity index (χ4n) is 2.43. The summed E-state index contributed by atoms with van der Waals surface area (Å²) in [7, 11) is 0. The predicted molar refractivity (Wildman–Crippen MR) is 66.7 cm³/mol. The average Bonchev–Trinajstić information content (AvgIpc) is 2.28. The largest absolute Gasteiger partial charge is 0.355 e. The maximum absolute atomic E-state index is 5.70. The van der Waals surface area contributed by atoms with E-state index in [4.69, 9.17) is 11.6 Å². The van der Waals surface area contributed by atoms with E-state index in [1.807, 2.05) is 6.20 Å². The summed E-state index contributed by atoms with van der Waals surface area (Å²) in [5.74, 6) is 2.88. The Morgan fingerprint density at radius 2 is 1.94 bits per heavy atom. The first-order chi connectivity index (χ1) is 7.69. The van der Waals surface area contributed by atoms with Crippen LogP contribution in [0, 0.1) is 11.8 Å². The average molecular weight is 240 g/mol. The molecule has 16 heavy (non-hydrogen) atoms. The Labute approximate surface area is 102 Å². The van der Waals surface area contributed by atoms with Crippen molar-refractivity contribution in [2.24, 2.45) is 11.8 Å². The molecule has 0 aromatic carbocycles. The monoisotopic (exact) mass is 239 g/mol. The summed E-state index contributed by atoms with van der Waals surface area (Å²) in [6.07, 6.45) is 4.92. The molecule has 2 heterocycles. The van der Waals surface area contributed by atoms with Crippen molar-refractivity contribution < 1.29 is 0 Å². The van der Waals surface area contributed by atoms with Crippen molar-refractivity contribution in [3.05, 3.63) is 18.1 Å². The van der Waals surface area contributed by atoms with Crippen LogP contribution >= 0.6 is 11.6 Å². The molecule has 88 valence electrons. The Morgan fingerprint density at radius 3 is 2.44 bits per heavy atom. The minimum absolute atomic E-state index is 0.431. The minimum Gasteiger partial charge on any atom is -0.355 e. The molecule has 1 aromatic heterocycles. The van der Waals surface area contributed by atoms with Gasteiger partial charge in [-0.1, -0.05) is 13.8 Å². The number of halogens is 1. The van der Waals surface area contributed by atoms with Crippen LogP contribution in [0.1, 0.15) is 26.0 Å². The fourth-order valence-corrected chi connectivity index (χ4v) is 2.57. The van der Waals surface area contributed by atoms with Gasteiger partial charge in [0.1, 0.15) is 5.82 Å². The van der Waals surface area contributed by atoms with Crippen LogP contribution in [-0.4, -0.2) is 23.1 Å². The maximum atomic E-state index is 5.70. The highest BCUT2D eigenvalue weighted by Gasteiger charge is 2.22. The molecule has 1 aromatic rings. The Morgan fingerprint density at radius 1 is 1.25 bits per heavy atom. The summed E-state index contributed by atoms with van der Waals surface area (Å²) in [5.41, 5.74) is 0.837. The van der Waals surface area contributed by atoms with Gasteiger partial charge in [-0.3, -0.25) is 4.98 Å². The number of piperidine rings is 1. The van der Waals surface area contributed by atoms with Crippen LogP contribution in [0.4, 0.5) is 5.82 Å². The van der Waals surface area contributed by atoms with Gasteiger partial charge in [0.15, 0.2) is 0 Å². The maximum Gasteiger partial charge on any atom is 0.147 e. The number of anilines is 1. The molecule has 0 saturated carbocycles. The molecule has 0 aliphatic carbocycles. The van der Waals surface area contributed by atoms with Crippen LogP contribution in [0.3, 0.4) is 0 Å². The van der Waals surface area contributed by atoms with Gasteiger partial charge in [0.25, 0.3) is 0 Å². The molecule has 1 aliphatic rings. The smallest absolute Gasteiger partial charge is 0.147 e. The summed E-state index contributed by atoms with van der Waals surface area (Å²) in [5, 5.41) is 0. The molecular formula is C12H18ClN3. The first kappa shape index (κ1) is 11.6. The second-order valence-corrected chi connectivity index (χ2v) is 5.12. The van der Waals surface area contributed by atoms with E-state index in [-0.39, 0.29) is 0 Å². The molecule has 1 saturated heterocycles. The molecule has 0 amide bonds. The van der Waals surface area contributed by atoms with E-state index < -0.39 is 0 Å². The summed E-state index contributed by atoms with van der Waals surface area (Å²) < 4.78 is 0. The molecule has 0 spiro atoms. The van der Waals surface area contributed by atoms with Crippen LogP contribution in [0.5, 0.6) is 0 Å². The van der Waals surface area contributed by atoms with Crippen LogP contribution in [-0.2, 0) is 5.88 Å². The number of rotatable bonds is 2. The number of hydrogen-bond donors (Lipinski definition) is 0. The van der Waals surface area contributed by atoms with Gasteiger partial charge in [-0.25, -0.2) is 4.98 Å². The van der Waals surface area contributed by atoms with Gasteiger partial charge in [-0.2, -0.15) is 0 Å². The van der Waals surface area contributed by atoms with Crippen LogP contribution in [0.25, 0.3) is 0 Å². The first-order valence-electron chi connectivity index (χ1n) is 5.81. The molecular weight excluding hydrogens is 222 g/mol. The highest BCUT2D eigenvalue weighted by Crippen LogP contribution is 2.24. The zero-order chi connectivity index (χ0) is 11.5. The molecule has 1 fully saturated rings. The Kier molecular flexibility index (Phi) is 3.64. The molecule has 2 atom stereocenters. The van der Waals surface area contributed by atoms with E-state index in [2.05, 4.69) is 28.7 Å². The minimum atomic E-state index is 0.431. The molecule has 2 rings (SSSR count). The van der Waals surface area contributed by atoms with Crippen molar-refractivity contribution in [1.82, 2.24) is 9.97 Å². The quantitative estimate of drug-likeness (QED) is 0.744. The van der Waals surface area contributed by atoms with Crippen molar-refractivity contribution in [2.75, 3.05) is 18.0 Å². The molecule has 0 bridgehead atoms. The predicted octanol–water partition coefficient (Wildman–Crippen LogP) is 2.70. The van der Waals surface area contributed by atoms with Crippen molar-refractivity contribution in [2.45, 2.75) is 26.1 Å². The van der Waals surface area contributed by atoms with E-state index in [1.165, 1.54) is 6.42 Å². The van der Waals surface area contributed by atoms with Gasteiger partial charge in [0, 0.05) is 13.1 Å². The molecule has 0 N–H and O–H groups in total. The fraction of sp³-hybridized carbons (Fsp3) is 0.667. The van der Waals surface area contributed by atoms with E-state index in [9.17, 15) is 0 Å². The topological polar surface area (TPSA) is 29.0 Å². The van der Waals surface area contributed by atoms with Crippen LogP contribution in [0.2, 0.25) is 0 Å². The van der Waals surface area contributed by atoms with E-state index >= 15 is 0 Å². The summed E-state index contributed by atoms with van der Waals surface area (Å²) in [6.45, 7) is 6.75. The van der Waals surface area contributed by atoms with Crippen LogP contribution < -0.4 is 4.90 Å². The zero-order valence-electron chi connectivity index (χ0n) is 9.86. The molecule has 1 aliphatic heterocycles. The standard InChI is InChI=1S/C12H18ClN3/c1-9-3-10(2)8-16(7-9)12-6-14-11(4-13)5-15-12/h5-6,9-10H,3-4,7-8H2,1-2H3. The van der Waals surface area contributed by atoms with Crippen LogP contribution in [0.15, 0.2) is 12.4 Å². The zero-order valence-corrected chi connectivity index (χ0v) is 10.6. The second-order valence-electron chi connectivity index (χ2n) is 4.85. The van der Waals surface area contributed by atoms with E-state index in [0.29, 0.717) is 5.88 Å². The third kappa shape index (κ3) is 2.64. The molecule has 2 unspecified atom stereocenters. The number of aromatic nitrogens is 2. The van der Waals surface area contributed by atoms with E-state index in [1.54, 1.807) is 6.20 Å². The third-order valence-corrected chi connectivity index (χ3v) is 3.30. The summed E-state index contributed by atoms with van der Waals surface area (Å²) >= 11 is 5.70. The molecule has 4 heteroatoms. The Bertz CT molecular complexity index is 329. The number of alkyl halides is 1. The Hall–Kier alpha value is -0.830. The normalized spacial score (nSPS) is 25.8. The van der Waals surface area contributed by atoms with Gasteiger partial charge >= 0.3 is 0 Å². The lowest BCUT2D eigenvalue weighted by Crippen LogP contribution is -2.39. The van der Waals surface area contributed by atoms with Gasteiger partial charge in [-0.15, -0.1) is 11.6 Å². The SMILES string of the molecule is CC1CC(C)CN(c2cnc(CCl)cn2)C1. The Balaban J connectivity index is 2.10. The number of nitrogens with zero attached hydrogens (tertiary/aromatic N) is 3. The lowest BCUT2D eigenvalue weighted by atomic mass is 9.92. The molecule has 3 nitrogen and oxygen atoms in total. The van der Waals surface area contributed by atoms with Gasteiger partial charge in [0.05, 0.1) is 24.0 Å². The van der Waals surface area contributed by atoms with Crippen molar-refractivity contribution in [3.63, 3.8) is 0 Å². The third-order valence-electron chi connectivity index (χ3n) is 3.02. The summed E-state index contributed by atoms with van der Waals surface area (Å²) in [4.78, 5) is 11.0. The first-order valence-corrected chi connectivity index (χ1v) is 6.34. The van der Waals surface area contributed by atoms with Gasteiger partial charge in [-0.05, 0) is 18.3 Å². The van der Waals surface area contributed by atoms with Crippen molar-refractivity contribution in [1.29, 1.82) is 0 Å². The summed E-state index contributed by atoms with van der Waals surface area (Å²) in [6, 6.07) is 0. The highest BCUT2D eigenvalue weighted by molar-refractivity contribution is 6.16. The second kappa shape index (κ2) is 5.00. The lowest BCUT2D eigenvalue weighted by molar-refractivity contribution is 0.355.